The van der Waals surface area contributed by atoms with E-state index in [2.05, 4.69) is 10.3 Å². The second kappa shape index (κ2) is 8.17. The van der Waals surface area contributed by atoms with Crippen LogP contribution in [0.2, 0.25) is 0 Å². The van der Waals surface area contributed by atoms with Gasteiger partial charge in [-0.05, 0) is 56.6 Å². The number of amides is 1. The first-order valence-corrected chi connectivity index (χ1v) is 7.90. The van der Waals surface area contributed by atoms with Crippen LogP contribution in [0.3, 0.4) is 0 Å². The standard InChI is InChI=1S/C17H21N3O3.ClH/c1-18-11-12-6-8-20(9-7-12)17(22)13-4-5-14(19-16(13)21)15-3-2-10-23-15;/h2-5,10,12,18H,6-9,11H2,1H3,(H,19,21);1H. The molecule has 130 valence electrons. The van der Waals surface area contributed by atoms with E-state index in [1.807, 2.05) is 7.05 Å². The number of aromatic nitrogens is 1. The molecule has 3 heterocycles. The summed E-state index contributed by atoms with van der Waals surface area (Å²) in [7, 11) is 1.94. The Kier molecular flexibility index (Phi) is 6.23. The first kappa shape index (κ1) is 18.3. The molecule has 0 radical (unpaired) electrons. The van der Waals surface area contributed by atoms with Gasteiger partial charge in [-0.3, -0.25) is 9.59 Å². The fraction of sp³-hybridized carbons (Fsp3) is 0.412. The normalized spacial score (nSPS) is 15.1. The molecule has 2 N–H and O–H groups in total. The van der Waals surface area contributed by atoms with Crippen LogP contribution in [0.5, 0.6) is 0 Å². The van der Waals surface area contributed by atoms with Crippen LogP contribution in [0, 0.1) is 5.92 Å². The minimum atomic E-state index is -0.374. The van der Waals surface area contributed by atoms with E-state index < -0.39 is 0 Å². The molecule has 0 saturated carbocycles. The number of H-pyrrole nitrogens is 1. The van der Waals surface area contributed by atoms with Crippen molar-refractivity contribution >= 4 is 18.3 Å². The van der Waals surface area contributed by atoms with Crippen molar-refractivity contribution in [2.45, 2.75) is 12.8 Å². The smallest absolute Gasteiger partial charge is 0.261 e. The van der Waals surface area contributed by atoms with Crippen LogP contribution in [0.25, 0.3) is 11.5 Å². The molecule has 3 rings (SSSR count). The fourth-order valence-electron chi connectivity index (χ4n) is 3.02. The van der Waals surface area contributed by atoms with Crippen molar-refractivity contribution in [3.63, 3.8) is 0 Å². The number of carbonyl (C=O) groups excluding carboxylic acids is 1. The average Bonchev–Trinajstić information content (AvgIpc) is 3.10. The zero-order chi connectivity index (χ0) is 16.2. The average molecular weight is 352 g/mol. The number of hydrogen-bond donors (Lipinski definition) is 2. The first-order chi connectivity index (χ1) is 11.2. The summed E-state index contributed by atoms with van der Waals surface area (Å²) in [5, 5.41) is 3.17. The lowest BCUT2D eigenvalue weighted by atomic mass is 9.96. The Labute approximate surface area is 146 Å². The van der Waals surface area contributed by atoms with Crippen LogP contribution >= 0.6 is 12.4 Å². The molecular formula is C17H22ClN3O3. The molecule has 0 unspecified atom stereocenters. The van der Waals surface area contributed by atoms with E-state index in [1.165, 1.54) is 0 Å². The minimum Gasteiger partial charge on any atom is -0.463 e. The summed E-state index contributed by atoms with van der Waals surface area (Å²) in [6.07, 6.45) is 3.48. The van der Waals surface area contributed by atoms with E-state index in [9.17, 15) is 9.59 Å². The second-order valence-corrected chi connectivity index (χ2v) is 5.89. The van der Waals surface area contributed by atoms with Crippen molar-refractivity contribution in [3.05, 3.63) is 46.4 Å². The number of rotatable bonds is 4. The van der Waals surface area contributed by atoms with E-state index >= 15 is 0 Å². The number of nitrogens with zero attached hydrogens (tertiary/aromatic N) is 1. The second-order valence-electron chi connectivity index (χ2n) is 5.89. The van der Waals surface area contributed by atoms with Crippen LogP contribution in [-0.2, 0) is 0 Å². The molecule has 1 aliphatic heterocycles. The predicted molar refractivity (Wildman–Crippen MR) is 94.6 cm³/mol. The summed E-state index contributed by atoms with van der Waals surface area (Å²) in [5.41, 5.74) is 0.387. The monoisotopic (exact) mass is 351 g/mol. The summed E-state index contributed by atoms with van der Waals surface area (Å²) in [4.78, 5) is 29.3. The molecular weight excluding hydrogens is 330 g/mol. The number of nitrogens with one attached hydrogen (secondary N) is 2. The summed E-state index contributed by atoms with van der Waals surface area (Å²) in [6.45, 7) is 2.37. The van der Waals surface area contributed by atoms with Gasteiger partial charge in [-0.15, -0.1) is 12.4 Å². The fourth-order valence-corrected chi connectivity index (χ4v) is 3.02. The zero-order valence-corrected chi connectivity index (χ0v) is 14.4. The van der Waals surface area contributed by atoms with Gasteiger partial charge in [-0.2, -0.15) is 0 Å². The lowest BCUT2D eigenvalue weighted by molar-refractivity contribution is 0.0689. The first-order valence-electron chi connectivity index (χ1n) is 7.90. The lowest BCUT2D eigenvalue weighted by Crippen LogP contribution is -2.42. The lowest BCUT2D eigenvalue weighted by Gasteiger charge is -2.31. The molecule has 0 aromatic carbocycles. The summed E-state index contributed by atoms with van der Waals surface area (Å²) >= 11 is 0. The minimum absolute atomic E-state index is 0. The largest absolute Gasteiger partial charge is 0.463 e. The van der Waals surface area contributed by atoms with Crippen molar-refractivity contribution < 1.29 is 9.21 Å². The summed E-state index contributed by atoms with van der Waals surface area (Å²) < 4.78 is 5.25. The number of hydrogen-bond acceptors (Lipinski definition) is 4. The number of likely N-dealkylation sites (tertiary alicyclic amines) is 1. The highest BCUT2D eigenvalue weighted by Crippen LogP contribution is 2.19. The molecule has 6 nitrogen and oxygen atoms in total. The van der Waals surface area contributed by atoms with Gasteiger partial charge in [0.15, 0.2) is 0 Å². The number of piperidine rings is 1. The maximum absolute atomic E-state index is 12.5. The Morgan fingerprint density at radius 1 is 1.33 bits per heavy atom. The van der Waals surface area contributed by atoms with Gasteiger partial charge < -0.3 is 19.6 Å². The van der Waals surface area contributed by atoms with Gasteiger partial charge in [0, 0.05) is 13.1 Å². The highest BCUT2D eigenvalue weighted by atomic mass is 35.5. The SMILES string of the molecule is CNCC1CCN(C(=O)c2ccc(-c3ccco3)[nH]c2=O)CC1.Cl. The molecule has 7 heteroatoms. The number of pyridine rings is 1. The van der Waals surface area contributed by atoms with Gasteiger partial charge in [0.2, 0.25) is 0 Å². The molecule has 1 fully saturated rings. The number of aromatic amines is 1. The molecule has 1 aliphatic rings. The van der Waals surface area contributed by atoms with E-state index in [1.54, 1.807) is 35.4 Å². The van der Waals surface area contributed by atoms with Crippen LogP contribution in [-0.4, -0.2) is 42.5 Å². The topological polar surface area (TPSA) is 78.3 Å². The Hall–Kier alpha value is -2.05. The van der Waals surface area contributed by atoms with E-state index in [0.717, 1.165) is 19.4 Å². The highest BCUT2D eigenvalue weighted by molar-refractivity contribution is 5.94. The molecule has 1 amide bonds. The Morgan fingerprint density at radius 2 is 2.08 bits per heavy atom. The van der Waals surface area contributed by atoms with Gasteiger partial charge in [-0.1, -0.05) is 0 Å². The van der Waals surface area contributed by atoms with E-state index in [4.69, 9.17) is 4.42 Å². The molecule has 0 spiro atoms. The Morgan fingerprint density at radius 3 is 2.67 bits per heavy atom. The zero-order valence-electron chi connectivity index (χ0n) is 13.6. The maximum atomic E-state index is 12.5. The third kappa shape index (κ3) is 3.88. The molecule has 1 saturated heterocycles. The van der Waals surface area contributed by atoms with E-state index in [-0.39, 0.29) is 29.4 Å². The van der Waals surface area contributed by atoms with Crippen LogP contribution in [0.4, 0.5) is 0 Å². The molecule has 24 heavy (non-hydrogen) atoms. The molecule has 2 aromatic heterocycles. The number of carbonyl (C=O) groups is 1. The Balaban J connectivity index is 0.00000208. The van der Waals surface area contributed by atoms with Gasteiger partial charge in [0.1, 0.15) is 11.3 Å². The summed E-state index contributed by atoms with van der Waals surface area (Å²) in [5.74, 6) is 0.984. The van der Waals surface area contributed by atoms with Gasteiger partial charge in [0.05, 0.1) is 12.0 Å². The van der Waals surface area contributed by atoms with Crippen molar-refractivity contribution in [1.82, 2.24) is 15.2 Å². The van der Waals surface area contributed by atoms with E-state index in [0.29, 0.717) is 30.5 Å². The molecule has 0 aliphatic carbocycles. The third-order valence-electron chi connectivity index (χ3n) is 4.32. The molecule has 0 bridgehead atoms. The van der Waals surface area contributed by atoms with Crippen molar-refractivity contribution in [2.75, 3.05) is 26.7 Å². The maximum Gasteiger partial charge on any atom is 0.261 e. The van der Waals surface area contributed by atoms with Crippen molar-refractivity contribution in [3.8, 4) is 11.5 Å². The highest BCUT2D eigenvalue weighted by Gasteiger charge is 2.24. The third-order valence-corrected chi connectivity index (χ3v) is 4.32. The van der Waals surface area contributed by atoms with Gasteiger partial charge in [0.25, 0.3) is 11.5 Å². The van der Waals surface area contributed by atoms with Crippen molar-refractivity contribution in [2.24, 2.45) is 5.92 Å². The predicted octanol–water partition coefficient (Wildman–Crippen LogP) is 2.13. The molecule has 2 aromatic rings. The number of halogens is 1. The van der Waals surface area contributed by atoms with Crippen molar-refractivity contribution in [1.29, 1.82) is 0 Å². The number of furan rings is 1. The van der Waals surface area contributed by atoms with Crippen LogP contribution in [0.1, 0.15) is 23.2 Å². The summed E-state index contributed by atoms with van der Waals surface area (Å²) in [6, 6.07) is 6.81. The Bertz CT molecular complexity index is 719. The van der Waals surface area contributed by atoms with Gasteiger partial charge >= 0.3 is 0 Å². The van der Waals surface area contributed by atoms with Crippen LogP contribution < -0.4 is 10.9 Å². The quantitative estimate of drug-likeness (QED) is 0.884. The van der Waals surface area contributed by atoms with Crippen LogP contribution in [0.15, 0.2) is 39.7 Å². The molecule has 0 atom stereocenters. The van der Waals surface area contributed by atoms with Gasteiger partial charge in [-0.25, -0.2) is 0 Å².